The highest BCUT2D eigenvalue weighted by atomic mass is 16.2. The van der Waals surface area contributed by atoms with Gasteiger partial charge in [-0.2, -0.15) is 0 Å². The van der Waals surface area contributed by atoms with Gasteiger partial charge in [-0.05, 0) is 25.2 Å². The van der Waals surface area contributed by atoms with E-state index in [-0.39, 0.29) is 11.8 Å². The smallest absolute Gasteiger partial charge is 0.258 e. The minimum Gasteiger partial charge on any atom is -0.368 e. The number of likely N-dealkylation sites (N-methyl/N-ethyl adjacent to an activating group) is 1. The Balaban J connectivity index is 1.91. The van der Waals surface area contributed by atoms with E-state index in [0.717, 1.165) is 42.6 Å². The summed E-state index contributed by atoms with van der Waals surface area (Å²) in [7, 11) is 2.12. The summed E-state index contributed by atoms with van der Waals surface area (Å²) in [5.41, 5.74) is 2.28. The number of piperazine rings is 1. The molecule has 0 saturated carbocycles. The molecular weight excluding hydrogens is 278 g/mol. The van der Waals surface area contributed by atoms with Crippen LogP contribution >= 0.6 is 0 Å². The molecule has 1 N–H and O–H groups in total. The largest absolute Gasteiger partial charge is 0.368 e. The minimum atomic E-state index is -0.307. The Bertz CT molecular complexity index is 772. The van der Waals surface area contributed by atoms with Crippen LogP contribution in [0, 0.1) is 0 Å². The molecule has 1 fully saturated rings. The zero-order valence-electron chi connectivity index (χ0n) is 12.4. The molecule has 0 bridgehead atoms. The monoisotopic (exact) mass is 295 g/mol. The standard InChI is InChI=1S/C17H17N3O2/c1-19-7-9-20(10-8-19)14-6-5-13-15-11(14)3-2-4-12(15)16(21)18-17(13)22/h2-6H,7-10H2,1H3,(H,18,21,22). The maximum Gasteiger partial charge on any atom is 0.258 e. The predicted molar refractivity (Wildman–Crippen MR) is 85.5 cm³/mol. The van der Waals surface area contributed by atoms with Gasteiger partial charge in [0.25, 0.3) is 11.8 Å². The van der Waals surface area contributed by atoms with Crippen molar-refractivity contribution in [3.63, 3.8) is 0 Å². The molecule has 2 aromatic carbocycles. The van der Waals surface area contributed by atoms with Crippen LogP contribution in [-0.4, -0.2) is 49.9 Å². The second kappa shape index (κ2) is 4.81. The van der Waals surface area contributed by atoms with Gasteiger partial charge in [0, 0.05) is 53.8 Å². The van der Waals surface area contributed by atoms with Gasteiger partial charge in [0.2, 0.25) is 0 Å². The zero-order chi connectivity index (χ0) is 15.3. The molecule has 1 saturated heterocycles. The number of anilines is 1. The van der Waals surface area contributed by atoms with E-state index in [0.29, 0.717) is 11.1 Å². The highest BCUT2D eigenvalue weighted by molar-refractivity contribution is 6.26. The fourth-order valence-electron chi connectivity index (χ4n) is 3.33. The molecule has 2 aliphatic heterocycles. The number of imide groups is 1. The van der Waals surface area contributed by atoms with Crippen LogP contribution in [0.4, 0.5) is 5.69 Å². The number of rotatable bonds is 1. The highest BCUT2D eigenvalue weighted by Gasteiger charge is 2.27. The molecule has 112 valence electrons. The van der Waals surface area contributed by atoms with Crippen LogP contribution in [0.15, 0.2) is 30.3 Å². The van der Waals surface area contributed by atoms with Crippen LogP contribution < -0.4 is 10.2 Å². The lowest BCUT2D eigenvalue weighted by Gasteiger charge is -2.35. The molecule has 2 heterocycles. The lowest BCUT2D eigenvalue weighted by atomic mass is 9.93. The summed E-state index contributed by atoms with van der Waals surface area (Å²) in [6, 6.07) is 9.50. The third-order valence-electron chi connectivity index (χ3n) is 4.58. The van der Waals surface area contributed by atoms with Gasteiger partial charge in [0.05, 0.1) is 0 Å². The van der Waals surface area contributed by atoms with Crippen molar-refractivity contribution in [3.8, 4) is 0 Å². The van der Waals surface area contributed by atoms with E-state index in [9.17, 15) is 9.59 Å². The topological polar surface area (TPSA) is 52.6 Å². The number of nitrogens with one attached hydrogen (secondary N) is 1. The van der Waals surface area contributed by atoms with Gasteiger partial charge >= 0.3 is 0 Å². The second-order valence-electron chi connectivity index (χ2n) is 5.93. The first-order chi connectivity index (χ1) is 10.6. The number of hydrogen-bond acceptors (Lipinski definition) is 4. The van der Waals surface area contributed by atoms with Gasteiger partial charge in [-0.3, -0.25) is 14.9 Å². The number of carbonyl (C=O) groups is 2. The Morgan fingerprint density at radius 3 is 2.32 bits per heavy atom. The quantitative estimate of drug-likeness (QED) is 0.810. The normalized spacial score (nSPS) is 18.7. The fraction of sp³-hybridized carbons (Fsp3) is 0.294. The molecule has 0 aliphatic carbocycles. The van der Waals surface area contributed by atoms with Crippen LogP contribution in [0.1, 0.15) is 20.7 Å². The van der Waals surface area contributed by atoms with E-state index in [4.69, 9.17) is 0 Å². The molecule has 2 amide bonds. The van der Waals surface area contributed by atoms with Crippen LogP contribution in [0.2, 0.25) is 0 Å². The second-order valence-corrected chi connectivity index (χ2v) is 5.93. The summed E-state index contributed by atoms with van der Waals surface area (Å²) in [6.07, 6.45) is 0. The van der Waals surface area contributed by atoms with Crippen molar-refractivity contribution < 1.29 is 9.59 Å². The molecule has 4 rings (SSSR count). The summed E-state index contributed by atoms with van der Waals surface area (Å²) < 4.78 is 0. The Labute approximate surface area is 128 Å². The van der Waals surface area contributed by atoms with Crippen molar-refractivity contribution >= 4 is 28.3 Å². The van der Waals surface area contributed by atoms with Crippen LogP contribution in [0.25, 0.3) is 10.8 Å². The Kier molecular flexibility index (Phi) is 2.90. The molecule has 2 aromatic rings. The van der Waals surface area contributed by atoms with E-state index in [1.165, 1.54) is 0 Å². The van der Waals surface area contributed by atoms with Gasteiger partial charge < -0.3 is 9.80 Å². The SMILES string of the molecule is CN1CCN(c2ccc3c4c(cccc24)C(=O)NC3=O)CC1. The molecule has 0 atom stereocenters. The van der Waals surface area contributed by atoms with E-state index in [1.807, 2.05) is 24.3 Å². The average Bonchev–Trinajstić information content (AvgIpc) is 2.53. The number of benzene rings is 2. The lowest BCUT2D eigenvalue weighted by molar-refractivity contribution is 0.0845. The predicted octanol–water partition coefficient (Wildman–Crippen LogP) is 1.48. The fourth-order valence-corrected chi connectivity index (χ4v) is 3.33. The summed E-state index contributed by atoms with van der Waals surface area (Å²) in [6.45, 7) is 3.94. The molecule has 2 aliphatic rings. The maximum absolute atomic E-state index is 12.1. The van der Waals surface area contributed by atoms with Crippen LogP contribution in [0.5, 0.6) is 0 Å². The third kappa shape index (κ3) is 1.89. The van der Waals surface area contributed by atoms with Crippen molar-refractivity contribution in [3.05, 3.63) is 41.5 Å². The number of hydrogen-bond donors (Lipinski definition) is 1. The van der Waals surface area contributed by atoms with Crippen LogP contribution in [-0.2, 0) is 0 Å². The van der Waals surface area contributed by atoms with Crippen molar-refractivity contribution in [2.45, 2.75) is 0 Å². The van der Waals surface area contributed by atoms with Gasteiger partial charge in [-0.15, -0.1) is 0 Å². The van der Waals surface area contributed by atoms with E-state index in [1.54, 1.807) is 6.07 Å². The van der Waals surface area contributed by atoms with Gasteiger partial charge in [0.1, 0.15) is 0 Å². The number of nitrogens with zero attached hydrogens (tertiary/aromatic N) is 2. The summed E-state index contributed by atoms with van der Waals surface area (Å²) in [5, 5.41) is 4.18. The summed E-state index contributed by atoms with van der Waals surface area (Å²) in [5.74, 6) is -0.614. The molecule has 0 aromatic heterocycles. The first-order valence-corrected chi connectivity index (χ1v) is 7.50. The number of amides is 2. The highest BCUT2D eigenvalue weighted by Crippen LogP contribution is 2.34. The van der Waals surface area contributed by atoms with Crippen molar-refractivity contribution in [2.75, 3.05) is 38.1 Å². The summed E-state index contributed by atoms with van der Waals surface area (Å²) in [4.78, 5) is 28.8. The maximum atomic E-state index is 12.1. The molecule has 22 heavy (non-hydrogen) atoms. The van der Waals surface area contributed by atoms with Gasteiger partial charge in [0.15, 0.2) is 0 Å². The third-order valence-corrected chi connectivity index (χ3v) is 4.58. The molecule has 0 spiro atoms. The van der Waals surface area contributed by atoms with Crippen molar-refractivity contribution in [1.82, 2.24) is 10.2 Å². The molecule has 0 radical (unpaired) electrons. The summed E-state index contributed by atoms with van der Waals surface area (Å²) >= 11 is 0. The van der Waals surface area contributed by atoms with E-state index in [2.05, 4.69) is 22.2 Å². The molecule has 5 heteroatoms. The average molecular weight is 295 g/mol. The molecule has 5 nitrogen and oxygen atoms in total. The van der Waals surface area contributed by atoms with Crippen LogP contribution in [0.3, 0.4) is 0 Å². The van der Waals surface area contributed by atoms with Crippen molar-refractivity contribution in [1.29, 1.82) is 0 Å². The first kappa shape index (κ1) is 13.3. The first-order valence-electron chi connectivity index (χ1n) is 7.50. The number of carbonyl (C=O) groups excluding carboxylic acids is 2. The van der Waals surface area contributed by atoms with Gasteiger partial charge in [-0.25, -0.2) is 0 Å². The minimum absolute atomic E-state index is 0.307. The van der Waals surface area contributed by atoms with E-state index >= 15 is 0 Å². The van der Waals surface area contributed by atoms with Crippen molar-refractivity contribution in [2.24, 2.45) is 0 Å². The lowest BCUT2D eigenvalue weighted by Crippen LogP contribution is -2.44. The Morgan fingerprint density at radius 1 is 0.909 bits per heavy atom. The van der Waals surface area contributed by atoms with Gasteiger partial charge in [-0.1, -0.05) is 12.1 Å². The Morgan fingerprint density at radius 2 is 1.59 bits per heavy atom. The van der Waals surface area contributed by atoms with E-state index < -0.39 is 0 Å². The Hall–Kier alpha value is -2.40. The molecule has 0 unspecified atom stereocenters. The zero-order valence-corrected chi connectivity index (χ0v) is 12.4. The molecular formula is C17H17N3O2.